The lowest BCUT2D eigenvalue weighted by molar-refractivity contribution is 0.366. The molecule has 0 bridgehead atoms. The molecule has 4 heteroatoms. The lowest BCUT2D eigenvalue weighted by Gasteiger charge is -2.15. The first-order valence-corrected chi connectivity index (χ1v) is 5.09. The van der Waals surface area contributed by atoms with Gasteiger partial charge in [0.15, 0.2) is 11.5 Å². The van der Waals surface area contributed by atoms with Crippen LogP contribution in [0.15, 0.2) is 10.5 Å². The van der Waals surface area contributed by atoms with E-state index >= 15 is 0 Å². The van der Waals surface area contributed by atoms with E-state index in [9.17, 15) is 5.11 Å². The summed E-state index contributed by atoms with van der Waals surface area (Å²) in [6.07, 6.45) is 0. The number of nitrogens with two attached hydrogens (primary N) is 1. The van der Waals surface area contributed by atoms with E-state index in [2.05, 4.69) is 15.9 Å². The largest absolute Gasteiger partial charge is 0.504 e. The van der Waals surface area contributed by atoms with Crippen LogP contribution in [0.3, 0.4) is 0 Å². The molecule has 1 unspecified atom stereocenters. The van der Waals surface area contributed by atoms with Crippen molar-refractivity contribution in [3.05, 3.63) is 21.7 Å². The van der Waals surface area contributed by atoms with Crippen LogP contribution in [0, 0.1) is 6.92 Å². The van der Waals surface area contributed by atoms with E-state index in [-0.39, 0.29) is 11.8 Å². The summed E-state index contributed by atoms with van der Waals surface area (Å²) in [4.78, 5) is 0. The molecule has 3 nitrogen and oxygen atoms in total. The Hall–Kier alpha value is -0.740. The second-order valence-corrected chi connectivity index (χ2v) is 4.10. The monoisotopic (exact) mass is 259 g/mol. The standard InChI is InChI=1S/C10H14BrNO2/c1-5-8(11)4-7(6(2)12)9(13)10(5)14-3/h4,6,13H,12H2,1-3H3. The number of phenolic OH excluding ortho intramolecular Hbond substituents is 1. The first-order chi connectivity index (χ1) is 6.49. The highest BCUT2D eigenvalue weighted by molar-refractivity contribution is 9.10. The molecule has 0 radical (unpaired) electrons. The molecule has 78 valence electrons. The van der Waals surface area contributed by atoms with Crippen molar-refractivity contribution in [2.45, 2.75) is 19.9 Å². The number of benzene rings is 1. The van der Waals surface area contributed by atoms with Crippen LogP contribution >= 0.6 is 15.9 Å². The zero-order valence-corrected chi connectivity index (χ0v) is 10.1. The Bertz CT molecular complexity index is 350. The van der Waals surface area contributed by atoms with E-state index in [0.717, 1.165) is 10.0 Å². The predicted octanol–water partition coefficient (Wildman–Crippen LogP) is 2.49. The smallest absolute Gasteiger partial charge is 0.164 e. The topological polar surface area (TPSA) is 55.5 Å². The molecule has 1 rings (SSSR count). The van der Waals surface area contributed by atoms with Gasteiger partial charge in [-0.3, -0.25) is 0 Å². The summed E-state index contributed by atoms with van der Waals surface area (Å²) in [5.74, 6) is 0.606. The minimum atomic E-state index is -0.221. The lowest BCUT2D eigenvalue weighted by Crippen LogP contribution is -2.06. The van der Waals surface area contributed by atoms with Gasteiger partial charge in [0.2, 0.25) is 0 Å². The number of ether oxygens (including phenoxy) is 1. The van der Waals surface area contributed by atoms with E-state index in [1.807, 2.05) is 19.9 Å². The third-order valence-corrected chi connectivity index (χ3v) is 2.99. The zero-order chi connectivity index (χ0) is 10.9. The summed E-state index contributed by atoms with van der Waals surface area (Å²) in [5.41, 5.74) is 7.27. The zero-order valence-electron chi connectivity index (χ0n) is 8.47. The minimum absolute atomic E-state index is 0.128. The van der Waals surface area contributed by atoms with Gasteiger partial charge in [-0.25, -0.2) is 0 Å². The maximum atomic E-state index is 9.84. The summed E-state index contributed by atoms with van der Waals surface area (Å²) in [6, 6.07) is 1.60. The van der Waals surface area contributed by atoms with Gasteiger partial charge in [-0.1, -0.05) is 15.9 Å². The first-order valence-electron chi connectivity index (χ1n) is 4.30. The van der Waals surface area contributed by atoms with Crippen LogP contribution < -0.4 is 10.5 Å². The van der Waals surface area contributed by atoms with Gasteiger partial charge >= 0.3 is 0 Å². The summed E-state index contributed by atoms with van der Waals surface area (Å²) in [7, 11) is 1.53. The van der Waals surface area contributed by atoms with E-state index in [4.69, 9.17) is 10.5 Å². The molecule has 0 aliphatic carbocycles. The molecule has 0 spiro atoms. The predicted molar refractivity (Wildman–Crippen MR) is 59.7 cm³/mol. The molecular weight excluding hydrogens is 246 g/mol. The number of methoxy groups -OCH3 is 1. The molecule has 0 aromatic heterocycles. The maximum absolute atomic E-state index is 9.84. The SMILES string of the molecule is COc1c(C)c(Br)cc(C(C)N)c1O. The van der Waals surface area contributed by atoms with Crippen molar-refractivity contribution in [3.63, 3.8) is 0 Å². The van der Waals surface area contributed by atoms with Gasteiger partial charge in [0.25, 0.3) is 0 Å². The maximum Gasteiger partial charge on any atom is 0.164 e. The van der Waals surface area contributed by atoms with Crippen molar-refractivity contribution in [3.8, 4) is 11.5 Å². The fraction of sp³-hybridized carbons (Fsp3) is 0.400. The number of halogens is 1. The van der Waals surface area contributed by atoms with Crippen molar-refractivity contribution in [2.24, 2.45) is 5.73 Å². The molecule has 0 amide bonds. The Kier molecular flexibility index (Phi) is 3.39. The van der Waals surface area contributed by atoms with Crippen LogP contribution in [0.4, 0.5) is 0 Å². The third-order valence-electron chi connectivity index (χ3n) is 2.16. The Balaban J connectivity index is 3.42. The summed E-state index contributed by atoms with van der Waals surface area (Å²) < 4.78 is 6.00. The first kappa shape index (κ1) is 11.3. The highest BCUT2D eigenvalue weighted by Gasteiger charge is 2.16. The van der Waals surface area contributed by atoms with Gasteiger partial charge in [0, 0.05) is 21.6 Å². The second-order valence-electron chi connectivity index (χ2n) is 3.24. The highest BCUT2D eigenvalue weighted by Crippen LogP contribution is 2.39. The number of phenols is 1. The Morgan fingerprint density at radius 1 is 1.57 bits per heavy atom. The molecule has 3 N–H and O–H groups in total. The van der Waals surface area contributed by atoms with Gasteiger partial charge in [0.1, 0.15) is 0 Å². The summed E-state index contributed by atoms with van der Waals surface area (Å²) in [5, 5.41) is 9.84. The molecule has 0 fully saturated rings. The van der Waals surface area contributed by atoms with E-state index in [1.165, 1.54) is 7.11 Å². The van der Waals surface area contributed by atoms with Crippen LogP contribution in [0.1, 0.15) is 24.1 Å². The molecule has 1 atom stereocenters. The van der Waals surface area contributed by atoms with Gasteiger partial charge < -0.3 is 15.6 Å². The average Bonchev–Trinajstić information content (AvgIpc) is 2.12. The van der Waals surface area contributed by atoms with Gasteiger partial charge in [-0.15, -0.1) is 0 Å². The van der Waals surface area contributed by atoms with Crippen LogP contribution in [-0.2, 0) is 0 Å². The number of aromatic hydroxyl groups is 1. The summed E-state index contributed by atoms with van der Waals surface area (Å²) >= 11 is 3.39. The number of hydrogen-bond acceptors (Lipinski definition) is 3. The molecule has 1 aromatic rings. The number of hydrogen-bond donors (Lipinski definition) is 2. The van der Waals surface area contributed by atoms with Crippen molar-refractivity contribution in [1.82, 2.24) is 0 Å². The van der Waals surface area contributed by atoms with Crippen LogP contribution in [0.25, 0.3) is 0 Å². The molecule has 14 heavy (non-hydrogen) atoms. The Labute approximate surface area is 92.0 Å². The second kappa shape index (κ2) is 4.19. The van der Waals surface area contributed by atoms with Crippen LogP contribution in [-0.4, -0.2) is 12.2 Å². The van der Waals surface area contributed by atoms with Gasteiger partial charge in [-0.05, 0) is 19.9 Å². The molecule has 0 heterocycles. The molecular formula is C10H14BrNO2. The van der Waals surface area contributed by atoms with Crippen molar-refractivity contribution < 1.29 is 9.84 Å². The summed E-state index contributed by atoms with van der Waals surface area (Å²) in [6.45, 7) is 3.68. The van der Waals surface area contributed by atoms with E-state index < -0.39 is 0 Å². The molecule has 0 saturated heterocycles. The fourth-order valence-electron chi connectivity index (χ4n) is 1.33. The third kappa shape index (κ3) is 1.86. The molecule has 0 saturated carbocycles. The fourth-order valence-corrected chi connectivity index (χ4v) is 1.75. The lowest BCUT2D eigenvalue weighted by atomic mass is 10.0. The van der Waals surface area contributed by atoms with Crippen molar-refractivity contribution in [2.75, 3.05) is 7.11 Å². The number of rotatable bonds is 2. The van der Waals surface area contributed by atoms with Crippen LogP contribution in [0.5, 0.6) is 11.5 Å². The molecule has 0 aliphatic rings. The highest BCUT2D eigenvalue weighted by atomic mass is 79.9. The van der Waals surface area contributed by atoms with Crippen molar-refractivity contribution >= 4 is 15.9 Å². The van der Waals surface area contributed by atoms with Gasteiger partial charge in [-0.2, -0.15) is 0 Å². The Morgan fingerprint density at radius 3 is 2.57 bits per heavy atom. The molecule has 0 aliphatic heterocycles. The average molecular weight is 260 g/mol. The minimum Gasteiger partial charge on any atom is -0.504 e. The van der Waals surface area contributed by atoms with E-state index in [1.54, 1.807) is 0 Å². The van der Waals surface area contributed by atoms with E-state index in [0.29, 0.717) is 11.3 Å². The quantitative estimate of drug-likeness (QED) is 0.858. The Morgan fingerprint density at radius 2 is 2.14 bits per heavy atom. The van der Waals surface area contributed by atoms with Gasteiger partial charge in [0.05, 0.1) is 7.11 Å². The van der Waals surface area contributed by atoms with Crippen LogP contribution in [0.2, 0.25) is 0 Å². The van der Waals surface area contributed by atoms with Crippen molar-refractivity contribution in [1.29, 1.82) is 0 Å². The molecule has 1 aromatic carbocycles. The normalized spacial score (nSPS) is 12.6.